The summed E-state index contributed by atoms with van der Waals surface area (Å²) in [6.45, 7) is 7.83. The highest BCUT2D eigenvalue weighted by molar-refractivity contribution is 6.25. The SMILES string of the molecule is CN1C2C=C(C(C)(C)O)C(NC(=O)c3cccc(C(F)(F)F)n3)=CC2=CN1CCCCCN1CCC2(CC1)CC(CNc1cccc3c1C(=O)N(C1CCC(=O)NC1=O)C3=O)C2. The first-order chi connectivity index (χ1) is 29.4. The average molecular weight is 859 g/mol. The van der Waals surface area contributed by atoms with E-state index in [1.807, 2.05) is 19.3 Å². The van der Waals surface area contributed by atoms with Crippen molar-refractivity contribution >= 4 is 35.2 Å². The van der Waals surface area contributed by atoms with E-state index in [1.54, 1.807) is 38.1 Å². The molecule has 4 aliphatic heterocycles. The highest BCUT2D eigenvalue weighted by atomic mass is 19.4. The lowest BCUT2D eigenvalue weighted by atomic mass is 9.57. The van der Waals surface area contributed by atoms with Gasteiger partial charge in [-0.15, -0.1) is 0 Å². The van der Waals surface area contributed by atoms with Gasteiger partial charge >= 0.3 is 6.18 Å². The number of amides is 5. The molecule has 1 saturated carbocycles. The number of aliphatic hydroxyl groups is 1. The minimum atomic E-state index is -4.69. The lowest BCUT2D eigenvalue weighted by Crippen LogP contribution is -2.54. The molecule has 6 aliphatic rings. The van der Waals surface area contributed by atoms with Gasteiger partial charge in [0.2, 0.25) is 11.8 Å². The number of hydrazine groups is 1. The quantitative estimate of drug-likeness (QED) is 0.158. The number of benzene rings is 1. The van der Waals surface area contributed by atoms with Crippen LogP contribution in [0.3, 0.4) is 0 Å². The molecule has 2 saturated heterocycles. The van der Waals surface area contributed by atoms with Crippen LogP contribution < -0.4 is 16.0 Å². The summed E-state index contributed by atoms with van der Waals surface area (Å²) in [5, 5.41) is 23.6. The molecule has 5 amide bonds. The van der Waals surface area contributed by atoms with E-state index in [-0.39, 0.29) is 30.1 Å². The number of nitrogens with one attached hydrogen (secondary N) is 3. The van der Waals surface area contributed by atoms with Crippen molar-refractivity contribution in [3.63, 3.8) is 0 Å². The van der Waals surface area contributed by atoms with Crippen LogP contribution in [0.15, 0.2) is 71.6 Å². The lowest BCUT2D eigenvalue weighted by molar-refractivity contribution is -0.141. The Balaban J connectivity index is 0.766. The van der Waals surface area contributed by atoms with Crippen LogP contribution in [0.1, 0.15) is 109 Å². The molecule has 2 aliphatic carbocycles. The molecule has 2 aromatic rings. The van der Waals surface area contributed by atoms with Crippen LogP contribution in [-0.4, -0.2) is 117 Å². The molecule has 8 rings (SSSR count). The molecule has 0 bridgehead atoms. The zero-order chi connectivity index (χ0) is 44.1. The molecule has 1 aromatic heterocycles. The number of nitrogens with zero attached hydrogens (tertiary/aromatic N) is 5. The van der Waals surface area contributed by atoms with Crippen molar-refractivity contribution in [1.82, 2.24) is 35.4 Å². The zero-order valence-electron chi connectivity index (χ0n) is 35.2. The van der Waals surface area contributed by atoms with Gasteiger partial charge in [-0.1, -0.05) is 24.6 Å². The molecular formula is C45H53F3N8O6. The van der Waals surface area contributed by atoms with Gasteiger partial charge in [0.1, 0.15) is 17.4 Å². The minimum Gasteiger partial charge on any atom is -0.386 e. The van der Waals surface area contributed by atoms with Gasteiger partial charge in [0.25, 0.3) is 17.7 Å². The Labute approximate surface area is 358 Å². The molecule has 5 heterocycles. The van der Waals surface area contributed by atoms with E-state index in [0.29, 0.717) is 40.4 Å². The molecule has 4 N–H and O–H groups in total. The van der Waals surface area contributed by atoms with Crippen molar-refractivity contribution < 1.29 is 42.3 Å². The maximum absolute atomic E-state index is 13.5. The number of carbonyl (C=O) groups is 5. The van der Waals surface area contributed by atoms with Crippen molar-refractivity contribution in [2.24, 2.45) is 11.3 Å². The highest BCUT2D eigenvalue weighted by Gasteiger charge is 2.48. The summed E-state index contributed by atoms with van der Waals surface area (Å²) in [6, 6.07) is 7.15. The fraction of sp³-hybridized carbons (Fsp3) is 0.511. The first-order valence-electron chi connectivity index (χ1n) is 21.5. The molecule has 2 atom stereocenters. The molecule has 17 heteroatoms. The van der Waals surface area contributed by atoms with Gasteiger partial charge in [-0.25, -0.2) is 9.99 Å². The molecule has 2 unspecified atom stereocenters. The first-order valence-corrected chi connectivity index (χ1v) is 21.5. The number of pyridine rings is 1. The van der Waals surface area contributed by atoms with Crippen LogP contribution in [-0.2, 0) is 15.8 Å². The second kappa shape index (κ2) is 16.7. The highest BCUT2D eigenvalue weighted by Crippen LogP contribution is 2.52. The van der Waals surface area contributed by atoms with Crippen molar-refractivity contribution in [2.75, 3.05) is 45.1 Å². The monoisotopic (exact) mass is 858 g/mol. The third-order valence-electron chi connectivity index (χ3n) is 13.3. The van der Waals surface area contributed by atoms with Crippen LogP contribution in [0.25, 0.3) is 0 Å². The third-order valence-corrected chi connectivity index (χ3v) is 13.3. The fourth-order valence-corrected chi connectivity index (χ4v) is 9.97. The number of likely N-dealkylation sites (tertiary alicyclic amines) is 1. The third kappa shape index (κ3) is 8.66. The molecule has 1 spiro atoms. The Hall–Kier alpha value is -5.39. The van der Waals surface area contributed by atoms with E-state index in [1.165, 1.54) is 6.07 Å². The number of alkyl halides is 3. The number of carbonyl (C=O) groups excluding carboxylic acids is 5. The first kappa shape index (κ1) is 43.3. The summed E-state index contributed by atoms with van der Waals surface area (Å²) in [6.07, 6.45) is 8.76. The summed E-state index contributed by atoms with van der Waals surface area (Å²) in [7, 11) is 1.97. The largest absolute Gasteiger partial charge is 0.433 e. The number of likely N-dealkylation sites (N-methyl/N-ethyl adjacent to an activating group) is 1. The van der Waals surface area contributed by atoms with Gasteiger partial charge in [0.15, 0.2) is 0 Å². The van der Waals surface area contributed by atoms with Crippen LogP contribution in [0.5, 0.6) is 0 Å². The van der Waals surface area contributed by atoms with Gasteiger partial charge in [-0.3, -0.25) is 34.2 Å². The van der Waals surface area contributed by atoms with Crippen molar-refractivity contribution in [1.29, 1.82) is 0 Å². The van der Waals surface area contributed by atoms with Gasteiger partial charge in [-0.2, -0.15) is 13.2 Å². The average Bonchev–Trinajstić information content (AvgIpc) is 3.66. The summed E-state index contributed by atoms with van der Waals surface area (Å²) < 4.78 is 39.8. The van der Waals surface area contributed by atoms with Gasteiger partial charge in [0.05, 0.1) is 22.8 Å². The van der Waals surface area contributed by atoms with Gasteiger partial charge < -0.3 is 25.6 Å². The number of rotatable bonds is 13. The maximum atomic E-state index is 13.5. The summed E-state index contributed by atoms with van der Waals surface area (Å²) >= 11 is 0. The van der Waals surface area contributed by atoms with Crippen LogP contribution in [0.4, 0.5) is 18.9 Å². The Morgan fingerprint density at radius 1 is 0.984 bits per heavy atom. The van der Waals surface area contributed by atoms with Crippen molar-refractivity contribution in [3.05, 3.63) is 94.1 Å². The maximum Gasteiger partial charge on any atom is 0.433 e. The Kier molecular flexibility index (Phi) is 11.7. The van der Waals surface area contributed by atoms with Crippen LogP contribution in [0.2, 0.25) is 0 Å². The standard InChI is InChI=1S/C45H53F3N8O6/c1-43(2,62)30-22-35-28(21-33(30)51-39(58)32-11-8-12-36(50-32)45(46,47)48)26-55(53(35)3)18-6-4-5-17-54-19-15-44(16-20-54)23-27(24-44)25-49-31-10-7-9-29-38(31)42(61)56(41(29)60)34-13-14-37(57)52-40(34)59/h7-12,21-22,26-27,34-35,49,62H,4-6,13-20,23-25H2,1-3H3,(H,51,58)(H,52,57,59). The van der Waals surface area contributed by atoms with E-state index in [9.17, 15) is 42.3 Å². The predicted octanol–water partition coefficient (Wildman–Crippen LogP) is 5.02. The molecule has 3 fully saturated rings. The van der Waals surface area contributed by atoms with Crippen molar-refractivity contribution in [2.45, 2.75) is 95.5 Å². The number of anilines is 1. The van der Waals surface area contributed by atoms with Gasteiger partial charge in [0, 0.05) is 49.7 Å². The van der Waals surface area contributed by atoms with E-state index in [2.05, 4.69) is 35.9 Å². The zero-order valence-corrected chi connectivity index (χ0v) is 35.2. The topological polar surface area (TPSA) is 168 Å². The lowest BCUT2D eigenvalue weighted by Gasteiger charge is -2.52. The van der Waals surface area contributed by atoms with E-state index in [4.69, 9.17) is 0 Å². The number of hydrogen-bond donors (Lipinski definition) is 4. The smallest absolute Gasteiger partial charge is 0.386 e. The number of aromatic nitrogens is 1. The minimum absolute atomic E-state index is 0.0762. The second-order valence-corrected chi connectivity index (χ2v) is 18.1. The molecule has 330 valence electrons. The Morgan fingerprint density at radius 2 is 1.71 bits per heavy atom. The Morgan fingerprint density at radius 3 is 2.42 bits per heavy atom. The van der Waals surface area contributed by atoms with E-state index >= 15 is 0 Å². The summed E-state index contributed by atoms with van der Waals surface area (Å²) in [5.41, 5.74) is 0.281. The number of imide groups is 2. The summed E-state index contributed by atoms with van der Waals surface area (Å²) in [5.74, 6) is -2.39. The van der Waals surface area contributed by atoms with Gasteiger partial charge in [-0.05, 0) is 126 Å². The number of piperidine rings is 2. The van der Waals surface area contributed by atoms with Crippen molar-refractivity contribution in [3.8, 4) is 0 Å². The number of hydrogen-bond acceptors (Lipinski definition) is 11. The normalized spacial score (nSPS) is 23.1. The number of unbranched alkanes of at least 4 members (excludes halogenated alkanes) is 2. The van der Waals surface area contributed by atoms with E-state index < -0.39 is 53.0 Å². The van der Waals surface area contributed by atoms with Crippen LogP contribution in [0, 0.1) is 11.3 Å². The second-order valence-electron chi connectivity index (χ2n) is 18.1. The Bertz CT molecular complexity index is 2250. The molecule has 14 nitrogen and oxygen atoms in total. The van der Waals surface area contributed by atoms with Crippen LogP contribution >= 0.6 is 0 Å². The fourth-order valence-electron chi connectivity index (χ4n) is 9.97. The molecular weight excluding hydrogens is 806 g/mol. The van der Waals surface area contributed by atoms with E-state index in [0.717, 1.165) is 93.7 Å². The predicted molar refractivity (Wildman–Crippen MR) is 222 cm³/mol. The molecule has 1 aromatic carbocycles. The molecule has 0 radical (unpaired) electrons. The molecule has 62 heavy (non-hydrogen) atoms. The number of halogens is 3. The summed E-state index contributed by atoms with van der Waals surface area (Å²) in [4.78, 5) is 71.0. The number of fused-ring (bicyclic) bond motifs is 2.